The van der Waals surface area contributed by atoms with Crippen molar-refractivity contribution in [3.8, 4) is 0 Å². The van der Waals surface area contributed by atoms with Crippen molar-refractivity contribution in [2.24, 2.45) is 29.6 Å². The SMILES string of the molecule is CC1CC1c1ccc(CNC2C3C4CCC(C4)C23)o1. The molecule has 1 aromatic rings. The molecule has 6 atom stereocenters. The van der Waals surface area contributed by atoms with Crippen LogP contribution in [0.4, 0.5) is 0 Å². The van der Waals surface area contributed by atoms with E-state index in [0.29, 0.717) is 5.92 Å². The molecule has 2 nitrogen and oxygen atoms in total. The normalized spacial score (nSPS) is 49.4. The lowest BCUT2D eigenvalue weighted by Crippen LogP contribution is -2.22. The molecule has 5 rings (SSSR count). The van der Waals surface area contributed by atoms with Gasteiger partial charge in [0.2, 0.25) is 0 Å². The first kappa shape index (κ1) is 11.0. The lowest BCUT2D eigenvalue weighted by atomic mass is 10.0. The van der Waals surface area contributed by atoms with Crippen LogP contribution in [-0.4, -0.2) is 6.04 Å². The van der Waals surface area contributed by atoms with E-state index in [9.17, 15) is 0 Å². The summed E-state index contributed by atoms with van der Waals surface area (Å²) in [5, 5.41) is 3.77. The van der Waals surface area contributed by atoms with Crippen LogP contribution in [0, 0.1) is 29.6 Å². The van der Waals surface area contributed by atoms with Crippen LogP contribution in [0.5, 0.6) is 0 Å². The Bertz CT molecular complexity index is 491. The summed E-state index contributed by atoms with van der Waals surface area (Å²) in [6.45, 7) is 3.25. The summed E-state index contributed by atoms with van der Waals surface area (Å²) >= 11 is 0. The Labute approximate surface area is 114 Å². The summed E-state index contributed by atoms with van der Waals surface area (Å²) in [6, 6.07) is 5.20. The minimum Gasteiger partial charge on any atom is -0.464 e. The fourth-order valence-corrected chi connectivity index (χ4v) is 5.22. The quantitative estimate of drug-likeness (QED) is 0.892. The Kier molecular flexibility index (Phi) is 2.11. The second-order valence-corrected chi connectivity index (χ2v) is 7.52. The molecule has 1 aromatic heterocycles. The zero-order valence-corrected chi connectivity index (χ0v) is 11.6. The highest BCUT2D eigenvalue weighted by molar-refractivity contribution is 5.19. The van der Waals surface area contributed by atoms with Crippen molar-refractivity contribution in [2.45, 2.75) is 51.1 Å². The molecule has 1 N–H and O–H groups in total. The molecule has 6 unspecified atom stereocenters. The van der Waals surface area contributed by atoms with Crippen molar-refractivity contribution < 1.29 is 4.42 Å². The van der Waals surface area contributed by atoms with Crippen LogP contribution in [0.1, 0.15) is 50.0 Å². The lowest BCUT2D eigenvalue weighted by molar-refractivity contribution is 0.415. The van der Waals surface area contributed by atoms with E-state index in [0.717, 1.165) is 47.9 Å². The highest BCUT2D eigenvalue weighted by Gasteiger charge is 2.64. The van der Waals surface area contributed by atoms with Gasteiger partial charge in [-0.2, -0.15) is 0 Å². The monoisotopic (exact) mass is 257 g/mol. The maximum Gasteiger partial charge on any atom is 0.117 e. The van der Waals surface area contributed by atoms with Gasteiger partial charge in [-0.15, -0.1) is 0 Å². The van der Waals surface area contributed by atoms with Crippen molar-refractivity contribution in [3.63, 3.8) is 0 Å². The molecular weight excluding hydrogens is 234 g/mol. The summed E-state index contributed by atoms with van der Waals surface area (Å²) in [4.78, 5) is 0. The van der Waals surface area contributed by atoms with Gasteiger partial charge < -0.3 is 9.73 Å². The summed E-state index contributed by atoms with van der Waals surface area (Å²) < 4.78 is 5.99. The molecule has 0 amide bonds. The van der Waals surface area contributed by atoms with Gasteiger partial charge in [-0.05, 0) is 67.4 Å². The molecule has 4 fully saturated rings. The van der Waals surface area contributed by atoms with Crippen LogP contribution in [0.15, 0.2) is 16.5 Å². The fourth-order valence-electron chi connectivity index (χ4n) is 5.22. The van der Waals surface area contributed by atoms with Gasteiger partial charge in [-0.3, -0.25) is 0 Å². The van der Waals surface area contributed by atoms with Gasteiger partial charge in [0.15, 0.2) is 0 Å². The zero-order valence-electron chi connectivity index (χ0n) is 11.6. The molecule has 4 aliphatic carbocycles. The molecular formula is C17H23NO. The van der Waals surface area contributed by atoms with Gasteiger partial charge in [0.25, 0.3) is 0 Å². The maximum atomic E-state index is 5.99. The van der Waals surface area contributed by atoms with Crippen molar-refractivity contribution in [1.82, 2.24) is 5.32 Å². The van der Waals surface area contributed by atoms with Crippen LogP contribution in [0.25, 0.3) is 0 Å². The molecule has 0 radical (unpaired) electrons. The number of furan rings is 1. The van der Waals surface area contributed by atoms with Crippen LogP contribution in [-0.2, 0) is 6.54 Å². The first-order chi connectivity index (χ1) is 9.31. The first-order valence-corrected chi connectivity index (χ1v) is 8.13. The fraction of sp³-hybridized carbons (Fsp3) is 0.765. The summed E-state index contributed by atoms with van der Waals surface area (Å²) in [5.41, 5.74) is 0. The van der Waals surface area contributed by atoms with Gasteiger partial charge in [0.05, 0.1) is 6.54 Å². The Balaban J connectivity index is 1.20. The van der Waals surface area contributed by atoms with Crippen molar-refractivity contribution in [2.75, 3.05) is 0 Å². The minimum atomic E-state index is 0.713. The van der Waals surface area contributed by atoms with Crippen LogP contribution in [0.2, 0.25) is 0 Å². The molecule has 19 heavy (non-hydrogen) atoms. The van der Waals surface area contributed by atoms with E-state index < -0.39 is 0 Å². The smallest absolute Gasteiger partial charge is 0.117 e. The second-order valence-electron chi connectivity index (χ2n) is 7.52. The third-order valence-corrected chi connectivity index (χ3v) is 6.40. The molecule has 102 valence electrons. The highest BCUT2D eigenvalue weighted by Crippen LogP contribution is 2.65. The number of fused-ring (bicyclic) bond motifs is 5. The number of nitrogens with one attached hydrogen (secondary N) is 1. The van der Waals surface area contributed by atoms with E-state index in [4.69, 9.17) is 4.42 Å². The maximum absolute atomic E-state index is 5.99. The minimum absolute atomic E-state index is 0.713. The first-order valence-electron chi connectivity index (χ1n) is 8.13. The van der Waals surface area contributed by atoms with Gasteiger partial charge in [0.1, 0.15) is 11.5 Å². The summed E-state index contributed by atoms with van der Waals surface area (Å²) in [7, 11) is 0. The van der Waals surface area contributed by atoms with E-state index in [-0.39, 0.29) is 0 Å². The molecule has 0 aromatic carbocycles. The molecule has 1 heterocycles. The van der Waals surface area contributed by atoms with Gasteiger partial charge in [0, 0.05) is 12.0 Å². The summed E-state index contributed by atoms with van der Waals surface area (Å²) in [6.07, 6.45) is 5.87. The Morgan fingerprint density at radius 3 is 2.58 bits per heavy atom. The zero-order chi connectivity index (χ0) is 12.6. The van der Waals surface area contributed by atoms with Crippen molar-refractivity contribution in [3.05, 3.63) is 23.7 Å². The van der Waals surface area contributed by atoms with E-state index in [1.54, 1.807) is 0 Å². The topological polar surface area (TPSA) is 25.2 Å². The van der Waals surface area contributed by atoms with E-state index in [1.165, 1.54) is 31.4 Å². The van der Waals surface area contributed by atoms with E-state index in [2.05, 4.69) is 24.4 Å². The molecule has 0 aliphatic heterocycles. The lowest BCUT2D eigenvalue weighted by Gasteiger charge is -2.09. The van der Waals surface area contributed by atoms with Gasteiger partial charge >= 0.3 is 0 Å². The summed E-state index contributed by atoms with van der Waals surface area (Å²) in [5.74, 6) is 8.09. The van der Waals surface area contributed by atoms with Gasteiger partial charge in [-0.25, -0.2) is 0 Å². The molecule has 4 aliphatic rings. The Hall–Kier alpha value is -0.760. The number of hydrogen-bond donors (Lipinski definition) is 1. The predicted molar refractivity (Wildman–Crippen MR) is 73.7 cm³/mol. The van der Waals surface area contributed by atoms with E-state index in [1.807, 2.05) is 0 Å². The van der Waals surface area contributed by atoms with Crippen molar-refractivity contribution >= 4 is 0 Å². The average molecular weight is 257 g/mol. The van der Waals surface area contributed by atoms with Crippen molar-refractivity contribution in [1.29, 1.82) is 0 Å². The predicted octanol–water partition coefficient (Wildman–Crippen LogP) is 3.54. The third-order valence-electron chi connectivity index (χ3n) is 6.40. The molecule has 2 bridgehead atoms. The van der Waals surface area contributed by atoms with Gasteiger partial charge in [-0.1, -0.05) is 6.92 Å². The Morgan fingerprint density at radius 2 is 1.89 bits per heavy atom. The van der Waals surface area contributed by atoms with Crippen LogP contribution in [0.3, 0.4) is 0 Å². The average Bonchev–Trinajstić information content (AvgIpc) is 3.11. The molecule has 0 spiro atoms. The third kappa shape index (κ3) is 1.59. The van der Waals surface area contributed by atoms with Crippen LogP contribution < -0.4 is 5.32 Å². The highest BCUT2D eigenvalue weighted by atomic mass is 16.3. The largest absolute Gasteiger partial charge is 0.464 e. The molecule has 4 saturated carbocycles. The van der Waals surface area contributed by atoms with E-state index >= 15 is 0 Å². The second kappa shape index (κ2) is 3.66. The van der Waals surface area contributed by atoms with Crippen LogP contribution >= 0.6 is 0 Å². The number of hydrogen-bond acceptors (Lipinski definition) is 2. The number of rotatable bonds is 4. The molecule has 2 heteroatoms. The Morgan fingerprint density at radius 1 is 1.16 bits per heavy atom. The standard InChI is InChI=1S/C17H23NO/c1-9-6-13(9)14-5-4-12(19-14)8-18-17-15-10-2-3-11(7-10)16(15)17/h4-5,9-11,13,15-18H,2-3,6-8H2,1H3. The molecule has 0 saturated heterocycles.